The van der Waals surface area contributed by atoms with Gasteiger partial charge in [0.25, 0.3) is 5.56 Å². The lowest BCUT2D eigenvalue weighted by atomic mass is 10.0. The number of nitrogens with zero attached hydrogens (tertiary/aromatic N) is 2. The van der Waals surface area contributed by atoms with E-state index < -0.39 is 15.8 Å². The van der Waals surface area contributed by atoms with Crippen LogP contribution in [0.25, 0.3) is 11.3 Å². The van der Waals surface area contributed by atoms with Crippen LogP contribution in [-0.2, 0) is 20.3 Å². The highest BCUT2D eigenvalue weighted by Crippen LogP contribution is 2.26. The number of carbonyl (C=O) groups excluding carboxylic acids is 1. The monoisotopic (exact) mass is 531 g/mol. The van der Waals surface area contributed by atoms with E-state index in [0.29, 0.717) is 22.8 Å². The number of H-pyrrole nitrogens is 1. The highest BCUT2D eigenvalue weighted by molar-refractivity contribution is 7.90. The number of aromatic nitrogens is 2. The number of hydrogen-bond donors (Lipinski definition) is 1. The van der Waals surface area contributed by atoms with E-state index in [1.807, 2.05) is 13.8 Å². The molecular formula is C26H33N3O5S2. The predicted molar refractivity (Wildman–Crippen MR) is 142 cm³/mol. The summed E-state index contributed by atoms with van der Waals surface area (Å²) >= 11 is 1.16. The fourth-order valence-electron chi connectivity index (χ4n) is 3.80. The maximum absolute atomic E-state index is 12.9. The van der Waals surface area contributed by atoms with Crippen molar-refractivity contribution in [3.05, 3.63) is 68.4 Å². The van der Waals surface area contributed by atoms with Gasteiger partial charge >= 0.3 is 5.97 Å². The minimum Gasteiger partial charge on any atom is -0.462 e. The lowest BCUT2D eigenvalue weighted by Gasteiger charge is -2.18. The number of hydrogen-bond acceptors (Lipinski definition) is 8. The Morgan fingerprint density at radius 1 is 1.17 bits per heavy atom. The largest absolute Gasteiger partial charge is 0.462 e. The van der Waals surface area contributed by atoms with Crippen LogP contribution in [0.15, 0.2) is 51.5 Å². The van der Waals surface area contributed by atoms with Gasteiger partial charge in [-0.1, -0.05) is 45.9 Å². The van der Waals surface area contributed by atoms with Crippen molar-refractivity contribution in [1.82, 2.24) is 14.9 Å². The normalized spacial score (nSPS) is 11.8. The van der Waals surface area contributed by atoms with Crippen LogP contribution in [0.1, 0.15) is 61.1 Å². The molecule has 0 bridgehead atoms. The summed E-state index contributed by atoms with van der Waals surface area (Å²) in [6, 6.07) is 9.67. The molecule has 2 aromatic heterocycles. The number of esters is 1. The average molecular weight is 532 g/mol. The second-order valence-corrected chi connectivity index (χ2v) is 11.6. The molecule has 0 aliphatic heterocycles. The van der Waals surface area contributed by atoms with Gasteiger partial charge in [-0.25, -0.2) is 18.2 Å². The molecule has 3 aromatic rings. The molecule has 2 heterocycles. The third-order valence-electron chi connectivity index (χ3n) is 5.86. The van der Waals surface area contributed by atoms with E-state index in [4.69, 9.17) is 4.74 Å². The van der Waals surface area contributed by atoms with Crippen molar-refractivity contribution < 1.29 is 17.9 Å². The van der Waals surface area contributed by atoms with Crippen LogP contribution < -0.4 is 5.56 Å². The van der Waals surface area contributed by atoms with Gasteiger partial charge in [0.2, 0.25) is 0 Å². The number of pyridine rings is 1. The Morgan fingerprint density at radius 3 is 2.50 bits per heavy atom. The molecule has 194 valence electrons. The Kier molecular flexibility index (Phi) is 9.58. The van der Waals surface area contributed by atoms with E-state index in [0.717, 1.165) is 31.0 Å². The van der Waals surface area contributed by atoms with Gasteiger partial charge in [0, 0.05) is 17.6 Å². The van der Waals surface area contributed by atoms with Crippen molar-refractivity contribution in [2.24, 2.45) is 0 Å². The number of ether oxygens (including phenoxy) is 1. The molecule has 1 N–H and O–H groups in total. The number of benzene rings is 1. The van der Waals surface area contributed by atoms with Crippen LogP contribution in [0, 0.1) is 0 Å². The fourth-order valence-corrected chi connectivity index (χ4v) is 6.25. The number of rotatable bonds is 12. The molecule has 0 atom stereocenters. The van der Waals surface area contributed by atoms with Gasteiger partial charge in [0.15, 0.2) is 9.84 Å². The van der Waals surface area contributed by atoms with Crippen LogP contribution in [-0.4, -0.2) is 55.5 Å². The third kappa shape index (κ3) is 6.89. The molecule has 0 spiro atoms. The summed E-state index contributed by atoms with van der Waals surface area (Å²) in [7, 11) is -3.57. The van der Waals surface area contributed by atoms with Gasteiger partial charge in [-0.15, -0.1) is 11.3 Å². The Balaban J connectivity index is 1.82. The maximum Gasteiger partial charge on any atom is 0.339 e. The molecule has 0 fully saturated rings. The summed E-state index contributed by atoms with van der Waals surface area (Å²) in [6.45, 7) is 10.9. The van der Waals surface area contributed by atoms with E-state index in [9.17, 15) is 18.0 Å². The molecule has 0 radical (unpaired) electrons. The molecule has 10 heteroatoms. The van der Waals surface area contributed by atoms with E-state index in [2.05, 4.69) is 28.7 Å². The maximum atomic E-state index is 12.9. The van der Waals surface area contributed by atoms with Gasteiger partial charge < -0.3 is 14.6 Å². The molecule has 3 rings (SSSR count). The summed E-state index contributed by atoms with van der Waals surface area (Å²) in [6.07, 6.45) is 0.714. The molecular weight excluding hydrogens is 498 g/mol. The number of nitrogens with one attached hydrogen (secondary N) is 1. The smallest absolute Gasteiger partial charge is 0.339 e. The first-order chi connectivity index (χ1) is 17.2. The van der Waals surface area contributed by atoms with Crippen LogP contribution in [0.4, 0.5) is 0 Å². The summed E-state index contributed by atoms with van der Waals surface area (Å²) in [5.41, 5.74) is 0.924. The van der Waals surface area contributed by atoms with E-state index in [1.54, 1.807) is 35.7 Å². The quantitative estimate of drug-likeness (QED) is 0.271. The molecule has 0 saturated carbocycles. The zero-order chi connectivity index (χ0) is 26.3. The number of sulfone groups is 1. The summed E-state index contributed by atoms with van der Waals surface area (Å²) in [5.74, 6) is -0.879. The van der Waals surface area contributed by atoms with Gasteiger partial charge in [-0.05, 0) is 43.6 Å². The van der Waals surface area contributed by atoms with E-state index in [1.165, 1.54) is 6.07 Å². The molecule has 1 aromatic carbocycles. The predicted octanol–water partition coefficient (Wildman–Crippen LogP) is 4.48. The topological polar surface area (TPSA) is 109 Å². The minimum atomic E-state index is -3.57. The minimum absolute atomic E-state index is 0.105. The van der Waals surface area contributed by atoms with E-state index in [-0.39, 0.29) is 39.9 Å². The van der Waals surface area contributed by atoms with Crippen molar-refractivity contribution >= 4 is 27.1 Å². The molecule has 36 heavy (non-hydrogen) atoms. The van der Waals surface area contributed by atoms with Crippen LogP contribution >= 0.6 is 11.3 Å². The van der Waals surface area contributed by atoms with Gasteiger partial charge in [0.05, 0.1) is 28.3 Å². The van der Waals surface area contributed by atoms with Gasteiger partial charge in [-0.2, -0.15) is 0 Å². The first kappa shape index (κ1) is 27.8. The molecule has 8 nitrogen and oxygen atoms in total. The average Bonchev–Trinajstić information content (AvgIpc) is 3.31. The zero-order valence-electron chi connectivity index (χ0n) is 21.1. The highest BCUT2D eigenvalue weighted by atomic mass is 32.2. The van der Waals surface area contributed by atoms with Crippen LogP contribution in [0.3, 0.4) is 0 Å². The van der Waals surface area contributed by atoms with Crippen molar-refractivity contribution in [3.63, 3.8) is 0 Å². The van der Waals surface area contributed by atoms with Crippen molar-refractivity contribution in [2.45, 2.75) is 50.7 Å². The van der Waals surface area contributed by atoms with Crippen molar-refractivity contribution in [3.8, 4) is 11.3 Å². The lowest BCUT2D eigenvalue weighted by Crippen LogP contribution is -2.25. The second-order valence-electron chi connectivity index (χ2n) is 8.71. The number of carbonyl (C=O) groups is 1. The molecule has 0 unspecified atom stereocenters. The van der Waals surface area contributed by atoms with E-state index >= 15 is 0 Å². The Morgan fingerprint density at radius 2 is 1.86 bits per heavy atom. The second kappa shape index (κ2) is 12.4. The molecule has 0 aliphatic rings. The van der Waals surface area contributed by atoms with Crippen molar-refractivity contribution in [2.75, 3.05) is 26.2 Å². The first-order valence-corrected chi connectivity index (χ1v) is 14.6. The molecule has 0 aliphatic carbocycles. The Hall–Kier alpha value is -2.82. The Labute approximate surface area is 216 Å². The molecule has 0 amide bonds. The fraction of sp³-hybridized carbons (Fsp3) is 0.423. The highest BCUT2D eigenvalue weighted by Gasteiger charge is 2.22. The standard InChI is InChI=1S/C26H33N3O5S2/c1-5-29(6-2)13-10-14-34-26(31)21-15-20(25(30)28-24(21)18(3)4)22-16-35-23(27-22)17-36(32,33)19-11-8-7-9-12-19/h7-9,11-12,15-16,18H,5-6,10,13-14,17H2,1-4H3,(H,28,30). The zero-order valence-corrected chi connectivity index (χ0v) is 22.7. The third-order valence-corrected chi connectivity index (χ3v) is 8.53. The van der Waals surface area contributed by atoms with Gasteiger partial charge in [-0.3, -0.25) is 4.79 Å². The number of thiazole rings is 1. The van der Waals surface area contributed by atoms with Crippen molar-refractivity contribution in [1.29, 1.82) is 0 Å². The first-order valence-electron chi connectivity index (χ1n) is 12.1. The molecule has 0 saturated heterocycles. The number of aromatic amines is 1. The summed E-state index contributed by atoms with van der Waals surface area (Å²) in [4.78, 5) is 35.5. The van der Waals surface area contributed by atoms with Crippen LogP contribution in [0.2, 0.25) is 0 Å². The summed E-state index contributed by atoms with van der Waals surface area (Å²) in [5, 5.41) is 2.00. The SMILES string of the molecule is CCN(CC)CCCOC(=O)c1cc(-c2csc(CS(=O)(=O)c3ccccc3)n2)c(=O)[nH]c1C(C)C. The lowest BCUT2D eigenvalue weighted by molar-refractivity contribution is 0.0487. The van der Waals surface area contributed by atoms with Crippen LogP contribution in [0.5, 0.6) is 0 Å². The Bertz CT molecular complexity index is 1330. The van der Waals surface area contributed by atoms with Gasteiger partial charge in [0.1, 0.15) is 10.8 Å². The summed E-state index contributed by atoms with van der Waals surface area (Å²) < 4.78 is 31.0.